The Morgan fingerprint density at radius 1 is 0.276 bits per heavy atom. The van der Waals surface area contributed by atoms with E-state index in [2.05, 4.69) is 0 Å². The largest absolute Gasteiger partial charge is 0.465 e. The highest BCUT2D eigenvalue weighted by Gasteiger charge is 2.54. The van der Waals surface area contributed by atoms with Crippen molar-refractivity contribution < 1.29 is 76.3 Å². The molecule has 4 aromatic heterocycles. The van der Waals surface area contributed by atoms with E-state index in [1.165, 1.54) is 0 Å². The van der Waals surface area contributed by atoms with Gasteiger partial charge in [0.25, 0.3) is 0 Å². The summed E-state index contributed by atoms with van der Waals surface area (Å²) >= 11 is 0. The van der Waals surface area contributed by atoms with E-state index in [9.17, 15) is 38.4 Å². The van der Waals surface area contributed by atoms with Gasteiger partial charge in [0.1, 0.15) is 0 Å². The van der Waals surface area contributed by atoms with Gasteiger partial charge in [-0.25, -0.2) is 0 Å². The molecule has 0 spiro atoms. The van der Waals surface area contributed by atoms with Crippen LogP contribution < -0.4 is 0 Å². The molecule has 0 aliphatic carbocycles. The van der Waals surface area contributed by atoms with Crippen molar-refractivity contribution in [3.63, 3.8) is 0 Å². The maximum atomic E-state index is 14.4. The molecule has 0 aromatic carbocycles. The van der Waals surface area contributed by atoms with Gasteiger partial charge in [0.05, 0.1) is 52.9 Å². The van der Waals surface area contributed by atoms with Crippen molar-refractivity contribution in [3.05, 3.63) is 118 Å². The molecule has 76 heavy (non-hydrogen) atoms. The van der Waals surface area contributed by atoms with Crippen molar-refractivity contribution in [2.75, 3.05) is 52.9 Å². The number of hydrogen-bond acceptors (Lipinski definition) is 20. The molecule has 0 fully saturated rings. The van der Waals surface area contributed by atoms with Gasteiger partial charge in [0.15, 0.2) is 21.7 Å². The van der Waals surface area contributed by atoms with E-state index in [1.54, 1.807) is 128 Å². The minimum Gasteiger partial charge on any atom is -0.465 e. The highest BCUT2D eigenvalue weighted by atomic mass is 16.6. The van der Waals surface area contributed by atoms with Crippen molar-refractivity contribution in [3.8, 4) is 0 Å². The lowest BCUT2D eigenvalue weighted by molar-refractivity contribution is -0.174. The number of hydrogen-bond donors (Lipinski definition) is 0. The summed E-state index contributed by atoms with van der Waals surface area (Å²) in [5.41, 5.74) is -7.37. The summed E-state index contributed by atoms with van der Waals surface area (Å²) in [4.78, 5) is 135. The molecular formula is C56H68N4O16. The van der Waals surface area contributed by atoms with E-state index in [1.807, 2.05) is 0 Å². The average molecular weight is 1050 g/mol. The molecule has 20 heteroatoms. The molecule has 4 aromatic rings. The Hall–Kier alpha value is -7.64. The molecule has 5 rings (SSSR count). The van der Waals surface area contributed by atoms with Gasteiger partial charge in [0.2, 0.25) is 0 Å². The molecule has 8 bridgehead atoms. The van der Waals surface area contributed by atoms with E-state index in [0.717, 1.165) is 0 Å². The van der Waals surface area contributed by atoms with Gasteiger partial charge in [0, 0.05) is 96.9 Å². The zero-order chi connectivity index (χ0) is 55.5. The van der Waals surface area contributed by atoms with Crippen LogP contribution in [-0.2, 0) is 128 Å². The van der Waals surface area contributed by atoms with E-state index >= 15 is 0 Å². The summed E-state index contributed by atoms with van der Waals surface area (Å²) < 4.78 is 44.8. The van der Waals surface area contributed by atoms with Crippen LogP contribution in [0.1, 0.15) is 101 Å². The molecule has 0 amide bonds. The Morgan fingerprint density at radius 3 is 0.500 bits per heavy atom. The van der Waals surface area contributed by atoms with Gasteiger partial charge in [-0.1, -0.05) is 24.3 Å². The van der Waals surface area contributed by atoms with Crippen LogP contribution in [0.25, 0.3) is 0 Å². The standard InChI is InChI=1S/C56H68N4O16/c1-9-69-45(61)53(46(62)70-10-2)29-37-21-17-23-39(57-37)31-54(47(63)71-11-3,48(64)72-12-4)33-41-25-19-27-43(59-41)35-56(51(67)75-15-7,52(68)76-16-8)36-44-28-20-26-42(60-44)34-55(49(65)73-13-5,50(66)74-14-6)32-40-24-18-22-38(30-53)58-40/h17-28H,9-16,29-36H2,1-8H3. The normalized spacial score (nSPS) is 15.7. The Morgan fingerprint density at radius 2 is 0.395 bits per heavy atom. The van der Waals surface area contributed by atoms with Crippen molar-refractivity contribution in [1.29, 1.82) is 0 Å². The third kappa shape index (κ3) is 13.6. The molecular weight excluding hydrogens is 985 g/mol. The smallest absolute Gasteiger partial charge is 0.324 e. The molecule has 1 aliphatic heterocycles. The number of esters is 8. The third-order valence-electron chi connectivity index (χ3n) is 12.7. The van der Waals surface area contributed by atoms with E-state index in [0.29, 0.717) is 0 Å². The maximum Gasteiger partial charge on any atom is 0.324 e. The molecule has 0 saturated carbocycles. The predicted molar refractivity (Wildman–Crippen MR) is 269 cm³/mol. The molecule has 0 unspecified atom stereocenters. The fourth-order valence-corrected chi connectivity index (χ4v) is 9.27. The summed E-state index contributed by atoms with van der Waals surface area (Å²) in [7, 11) is 0. The number of pyridine rings is 4. The summed E-state index contributed by atoms with van der Waals surface area (Å²) in [6, 6.07) is 18.8. The maximum absolute atomic E-state index is 14.4. The second-order valence-electron chi connectivity index (χ2n) is 18.0. The van der Waals surface area contributed by atoms with Crippen LogP contribution in [0.5, 0.6) is 0 Å². The highest BCUT2D eigenvalue weighted by molar-refractivity contribution is 6.03. The van der Waals surface area contributed by atoms with Crippen LogP contribution >= 0.6 is 0 Å². The molecule has 0 atom stereocenters. The highest BCUT2D eigenvalue weighted by Crippen LogP contribution is 2.38. The first-order chi connectivity index (χ1) is 36.5. The SMILES string of the molecule is CCOC(=O)C1(C(=O)OCC)Cc2cccc(n2)CC(C(=O)OCC)(C(=O)OCC)Cc2cccc(n2)CC(C(=O)OCC)(C(=O)OCC)Cc2cccc(n2)CC(C(=O)OCC)(C(=O)OCC)Cc2cccc(n2)C1. The molecule has 5 heterocycles. The molecule has 0 radical (unpaired) electrons. The minimum atomic E-state index is -2.15. The van der Waals surface area contributed by atoms with Crippen LogP contribution in [0.3, 0.4) is 0 Å². The third-order valence-corrected chi connectivity index (χ3v) is 12.7. The number of aromatic nitrogens is 4. The lowest BCUT2D eigenvalue weighted by Gasteiger charge is -2.31. The molecule has 1 aliphatic rings. The Kier molecular flexibility index (Phi) is 21.2. The quantitative estimate of drug-likeness (QED) is 0.0796. The number of fused-ring (bicyclic) bond motifs is 8. The van der Waals surface area contributed by atoms with Crippen molar-refractivity contribution in [2.45, 2.75) is 107 Å². The van der Waals surface area contributed by atoms with E-state index in [-0.39, 0.29) is 98.4 Å². The van der Waals surface area contributed by atoms with Gasteiger partial charge in [-0.2, -0.15) is 0 Å². The van der Waals surface area contributed by atoms with Crippen LogP contribution in [0.15, 0.2) is 72.8 Å². The fourth-order valence-electron chi connectivity index (χ4n) is 9.27. The second kappa shape index (κ2) is 27.2. The second-order valence-corrected chi connectivity index (χ2v) is 18.0. The Bertz CT molecular complexity index is 2190. The van der Waals surface area contributed by atoms with Crippen molar-refractivity contribution in [2.24, 2.45) is 21.7 Å². The predicted octanol–water partition coefficient (Wildman–Crippen LogP) is 5.17. The van der Waals surface area contributed by atoms with Crippen LogP contribution in [0, 0.1) is 21.7 Å². The van der Waals surface area contributed by atoms with Crippen LogP contribution in [0.4, 0.5) is 0 Å². The molecule has 0 saturated heterocycles. The first-order valence-electron chi connectivity index (χ1n) is 25.7. The van der Waals surface area contributed by atoms with Gasteiger partial charge in [-0.15, -0.1) is 0 Å². The average Bonchev–Trinajstić information content (AvgIpc) is 3.38. The van der Waals surface area contributed by atoms with Crippen LogP contribution in [0.2, 0.25) is 0 Å². The molecule has 408 valence electrons. The van der Waals surface area contributed by atoms with Gasteiger partial charge in [-0.05, 0) is 104 Å². The lowest BCUT2D eigenvalue weighted by Crippen LogP contribution is -2.47. The van der Waals surface area contributed by atoms with Crippen LogP contribution in [-0.4, -0.2) is 121 Å². The van der Waals surface area contributed by atoms with Gasteiger partial charge >= 0.3 is 47.8 Å². The Balaban J connectivity index is 1.88. The zero-order valence-electron chi connectivity index (χ0n) is 44.6. The Labute approximate surface area is 442 Å². The number of nitrogens with zero attached hydrogens (tertiary/aromatic N) is 4. The lowest BCUT2D eigenvalue weighted by atomic mass is 9.76. The van der Waals surface area contributed by atoms with Gasteiger partial charge in [-0.3, -0.25) is 58.3 Å². The summed E-state index contributed by atoms with van der Waals surface area (Å²) in [6.45, 7) is 11.6. The first kappa shape index (κ1) is 59.2. The fraction of sp³-hybridized carbons (Fsp3) is 0.500. The number of ether oxygens (including phenoxy) is 8. The van der Waals surface area contributed by atoms with Crippen molar-refractivity contribution in [1.82, 2.24) is 19.9 Å². The van der Waals surface area contributed by atoms with Crippen molar-refractivity contribution >= 4 is 47.8 Å². The first-order valence-corrected chi connectivity index (χ1v) is 25.7. The minimum absolute atomic E-state index is 0.124. The summed E-state index contributed by atoms with van der Waals surface area (Å²) in [5.74, 6) is -7.66. The van der Waals surface area contributed by atoms with Gasteiger partial charge < -0.3 is 37.9 Å². The topological polar surface area (TPSA) is 262 Å². The molecule has 20 nitrogen and oxygen atoms in total. The monoisotopic (exact) mass is 1050 g/mol. The molecule has 0 N–H and O–H groups in total. The number of rotatable bonds is 16. The van der Waals surface area contributed by atoms with E-state index in [4.69, 9.17) is 57.8 Å². The summed E-state index contributed by atoms with van der Waals surface area (Å²) in [5, 5.41) is 0. The number of carbonyl (C=O) groups excluding carboxylic acids is 8. The zero-order valence-corrected chi connectivity index (χ0v) is 44.6. The van der Waals surface area contributed by atoms with E-state index < -0.39 is 121 Å². The summed E-state index contributed by atoms with van der Waals surface area (Å²) in [6.07, 6.45) is -3.44. The number of carbonyl (C=O) groups is 8.